The van der Waals surface area contributed by atoms with E-state index in [4.69, 9.17) is 5.84 Å². The molecule has 0 bridgehead atoms. The van der Waals surface area contributed by atoms with Gasteiger partial charge in [0.05, 0.1) is 5.69 Å². The van der Waals surface area contributed by atoms with Crippen molar-refractivity contribution in [2.24, 2.45) is 11.3 Å². The Morgan fingerprint density at radius 2 is 2.31 bits per heavy atom. The molecule has 1 aromatic rings. The molecular formula is C9H15N3S. The van der Waals surface area contributed by atoms with Crippen molar-refractivity contribution >= 4 is 16.5 Å². The first kappa shape index (κ1) is 8.97. The molecule has 3 nitrogen and oxygen atoms in total. The SMILES string of the molecule is CC1(C)CCc2nc(NN)sc2C1. The maximum absolute atomic E-state index is 5.33. The molecule has 0 fully saturated rings. The van der Waals surface area contributed by atoms with Gasteiger partial charge in [0.2, 0.25) is 0 Å². The van der Waals surface area contributed by atoms with E-state index in [0.29, 0.717) is 5.41 Å². The molecule has 0 aromatic carbocycles. The highest BCUT2D eigenvalue weighted by molar-refractivity contribution is 7.15. The second kappa shape index (κ2) is 2.96. The van der Waals surface area contributed by atoms with Crippen molar-refractivity contribution in [1.82, 2.24) is 4.98 Å². The Labute approximate surface area is 82.3 Å². The molecule has 2 rings (SSSR count). The molecule has 0 radical (unpaired) electrons. The minimum atomic E-state index is 0.436. The molecule has 0 unspecified atom stereocenters. The maximum Gasteiger partial charge on any atom is 0.197 e. The highest BCUT2D eigenvalue weighted by atomic mass is 32.1. The van der Waals surface area contributed by atoms with E-state index >= 15 is 0 Å². The monoisotopic (exact) mass is 197 g/mol. The highest BCUT2D eigenvalue weighted by Gasteiger charge is 2.27. The van der Waals surface area contributed by atoms with E-state index in [9.17, 15) is 0 Å². The fourth-order valence-electron chi connectivity index (χ4n) is 1.76. The van der Waals surface area contributed by atoms with Crippen LogP contribution in [-0.4, -0.2) is 4.98 Å². The van der Waals surface area contributed by atoms with Gasteiger partial charge in [-0.1, -0.05) is 13.8 Å². The quantitative estimate of drug-likeness (QED) is 0.534. The standard InChI is InChI=1S/C9H15N3S/c1-9(2)4-3-6-7(5-9)13-8(11-6)12-10/h3-5,10H2,1-2H3,(H,11,12). The maximum atomic E-state index is 5.33. The Morgan fingerprint density at radius 1 is 1.54 bits per heavy atom. The lowest BCUT2D eigenvalue weighted by Crippen LogP contribution is -2.20. The van der Waals surface area contributed by atoms with E-state index in [1.807, 2.05) is 0 Å². The topological polar surface area (TPSA) is 50.9 Å². The minimum Gasteiger partial charge on any atom is -0.300 e. The highest BCUT2D eigenvalue weighted by Crippen LogP contribution is 2.38. The summed E-state index contributed by atoms with van der Waals surface area (Å²) in [5, 5.41) is 0.850. The molecule has 1 aromatic heterocycles. The third-order valence-electron chi connectivity index (χ3n) is 2.58. The summed E-state index contributed by atoms with van der Waals surface area (Å²) in [5.74, 6) is 5.33. The van der Waals surface area contributed by atoms with Crippen molar-refractivity contribution in [3.63, 3.8) is 0 Å². The van der Waals surface area contributed by atoms with Gasteiger partial charge in [0.15, 0.2) is 5.13 Å². The third-order valence-corrected chi connectivity index (χ3v) is 3.61. The minimum absolute atomic E-state index is 0.436. The molecule has 1 heterocycles. The number of rotatable bonds is 1. The van der Waals surface area contributed by atoms with E-state index in [0.717, 1.165) is 18.0 Å². The lowest BCUT2D eigenvalue weighted by Gasteiger charge is -2.28. The second-order valence-corrected chi connectivity index (χ2v) is 5.46. The van der Waals surface area contributed by atoms with E-state index in [-0.39, 0.29) is 0 Å². The number of fused-ring (bicyclic) bond motifs is 1. The average Bonchev–Trinajstić information content (AvgIpc) is 2.44. The molecule has 0 spiro atoms. The van der Waals surface area contributed by atoms with Crippen LogP contribution in [0, 0.1) is 5.41 Å². The van der Waals surface area contributed by atoms with Crippen LogP contribution in [0.2, 0.25) is 0 Å². The van der Waals surface area contributed by atoms with Crippen LogP contribution in [0.25, 0.3) is 0 Å². The Bertz CT molecular complexity index is 317. The van der Waals surface area contributed by atoms with Crippen LogP contribution in [0.15, 0.2) is 0 Å². The molecule has 72 valence electrons. The Hall–Kier alpha value is -0.610. The molecular weight excluding hydrogens is 182 g/mol. The molecule has 4 heteroatoms. The summed E-state index contributed by atoms with van der Waals surface area (Å²) in [6, 6.07) is 0. The van der Waals surface area contributed by atoms with Crippen LogP contribution in [0.4, 0.5) is 5.13 Å². The first-order valence-electron chi connectivity index (χ1n) is 4.56. The van der Waals surface area contributed by atoms with Crippen LogP contribution >= 0.6 is 11.3 Å². The van der Waals surface area contributed by atoms with Gasteiger partial charge < -0.3 is 0 Å². The fraction of sp³-hybridized carbons (Fsp3) is 0.667. The Balaban J connectivity index is 2.30. The second-order valence-electron chi connectivity index (χ2n) is 4.37. The lowest BCUT2D eigenvalue weighted by molar-refractivity contribution is 0.316. The smallest absolute Gasteiger partial charge is 0.197 e. The van der Waals surface area contributed by atoms with E-state index < -0.39 is 0 Å². The third kappa shape index (κ3) is 1.69. The van der Waals surface area contributed by atoms with Crippen molar-refractivity contribution in [2.45, 2.75) is 33.1 Å². The number of anilines is 1. The number of hydrazine groups is 1. The number of hydrogen-bond donors (Lipinski definition) is 2. The van der Waals surface area contributed by atoms with Crippen molar-refractivity contribution in [3.05, 3.63) is 10.6 Å². The van der Waals surface area contributed by atoms with Gasteiger partial charge in [-0.05, 0) is 24.7 Å². The van der Waals surface area contributed by atoms with Gasteiger partial charge in [0.25, 0.3) is 0 Å². The summed E-state index contributed by atoms with van der Waals surface area (Å²) < 4.78 is 0. The summed E-state index contributed by atoms with van der Waals surface area (Å²) in [5.41, 5.74) is 4.30. The van der Waals surface area contributed by atoms with Gasteiger partial charge >= 0.3 is 0 Å². The summed E-state index contributed by atoms with van der Waals surface area (Å²) in [7, 11) is 0. The van der Waals surface area contributed by atoms with Crippen LogP contribution < -0.4 is 11.3 Å². The van der Waals surface area contributed by atoms with Gasteiger partial charge in [-0.25, -0.2) is 10.8 Å². The number of nitrogens with one attached hydrogen (secondary N) is 1. The number of hydrogen-bond acceptors (Lipinski definition) is 4. The van der Waals surface area contributed by atoms with Crippen LogP contribution in [0.5, 0.6) is 0 Å². The zero-order valence-corrected chi connectivity index (χ0v) is 8.87. The van der Waals surface area contributed by atoms with Crippen molar-refractivity contribution < 1.29 is 0 Å². The zero-order valence-electron chi connectivity index (χ0n) is 8.05. The number of aryl methyl sites for hydroxylation is 1. The number of nitrogens with two attached hydrogens (primary N) is 1. The van der Waals surface area contributed by atoms with E-state index in [1.54, 1.807) is 11.3 Å². The zero-order chi connectivity index (χ0) is 9.47. The van der Waals surface area contributed by atoms with Crippen LogP contribution in [-0.2, 0) is 12.8 Å². The number of nitrogen functional groups attached to an aromatic ring is 1. The molecule has 3 N–H and O–H groups in total. The first-order chi connectivity index (χ1) is 6.11. The number of nitrogens with zero attached hydrogens (tertiary/aromatic N) is 1. The van der Waals surface area contributed by atoms with Crippen molar-refractivity contribution in [2.75, 3.05) is 5.43 Å². The van der Waals surface area contributed by atoms with Gasteiger partial charge in [-0.15, -0.1) is 11.3 Å². The Kier molecular flexibility index (Phi) is 2.04. The first-order valence-corrected chi connectivity index (χ1v) is 5.37. The van der Waals surface area contributed by atoms with E-state index in [1.165, 1.54) is 17.0 Å². The fourth-order valence-corrected chi connectivity index (χ4v) is 2.93. The molecule has 1 aliphatic carbocycles. The normalized spacial score (nSPS) is 19.6. The summed E-state index contributed by atoms with van der Waals surface area (Å²) in [4.78, 5) is 5.82. The molecule has 0 atom stereocenters. The molecule has 1 aliphatic rings. The molecule has 0 aliphatic heterocycles. The predicted octanol–water partition coefficient (Wildman–Crippen LogP) is 1.94. The van der Waals surface area contributed by atoms with Gasteiger partial charge in [0.1, 0.15) is 0 Å². The molecule has 0 saturated heterocycles. The largest absolute Gasteiger partial charge is 0.300 e. The van der Waals surface area contributed by atoms with Crippen molar-refractivity contribution in [3.8, 4) is 0 Å². The average molecular weight is 197 g/mol. The van der Waals surface area contributed by atoms with Crippen LogP contribution in [0.3, 0.4) is 0 Å². The lowest BCUT2D eigenvalue weighted by atomic mass is 9.79. The molecule has 13 heavy (non-hydrogen) atoms. The predicted molar refractivity (Wildman–Crippen MR) is 55.7 cm³/mol. The summed E-state index contributed by atoms with van der Waals surface area (Å²) in [6.45, 7) is 4.62. The number of thiazole rings is 1. The summed E-state index contributed by atoms with van der Waals surface area (Å²) in [6.07, 6.45) is 3.47. The van der Waals surface area contributed by atoms with E-state index in [2.05, 4.69) is 24.3 Å². The Morgan fingerprint density at radius 3 is 3.00 bits per heavy atom. The summed E-state index contributed by atoms with van der Waals surface area (Å²) >= 11 is 1.69. The molecule has 0 amide bonds. The van der Waals surface area contributed by atoms with Gasteiger partial charge in [-0.2, -0.15) is 0 Å². The van der Waals surface area contributed by atoms with Gasteiger partial charge in [0, 0.05) is 4.88 Å². The van der Waals surface area contributed by atoms with Crippen molar-refractivity contribution in [1.29, 1.82) is 0 Å². The van der Waals surface area contributed by atoms with Gasteiger partial charge in [-0.3, -0.25) is 5.43 Å². The van der Waals surface area contributed by atoms with Crippen LogP contribution in [0.1, 0.15) is 30.8 Å². The molecule has 0 saturated carbocycles. The number of aromatic nitrogens is 1.